The van der Waals surface area contributed by atoms with Crippen LogP contribution in [0.25, 0.3) is 0 Å². The zero-order valence-corrected chi connectivity index (χ0v) is 59.6. The molecule has 0 saturated carbocycles. The van der Waals surface area contributed by atoms with Crippen molar-refractivity contribution >= 4 is 17.9 Å². The maximum absolute atomic E-state index is 13.0. The van der Waals surface area contributed by atoms with Crippen LogP contribution < -0.4 is 0 Å². The summed E-state index contributed by atoms with van der Waals surface area (Å²) in [5, 5.41) is 9.76. The van der Waals surface area contributed by atoms with Crippen LogP contribution in [0.1, 0.15) is 258 Å². The first-order valence-corrected chi connectivity index (χ1v) is 36.6. The molecule has 93 heavy (non-hydrogen) atoms. The SMILES string of the molecule is CC/C=C\C/C=C\C/C=C\C/C=C\C/C=C\C/C=C\C/C=C\C/C=C\C/C=C\C/C=C\CCCCCCCCC(=O)OC(COC(=O)CCCCCCCCCCCCCC/C=C\C/C=C\C/C=C\C/C=C\C/C=C\C/C=C\CC)COC(OCC[N+](C)(C)C)C(=O)O. The quantitative estimate of drug-likeness (QED) is 0.0211. The fourth-order valence-corrected chi connectivity index (χ4v) is 9.34. The highest BCUT2D eigenvalue weighted by Crippen LogP contribution is 2.16. The van der Waals surface area contributed by atoms with E-state index in [9.17, 15) is 19.5 Å². The monoisotopic (exact) mass is 1290 g/mol. The van der Waals surface area contributed by atoms with Gasteiger partial charge in [-0.25, -0.2) is 4.79 Å². The smallest absolute Gasteiger partial charge is 0.361 e. The Labute approximate surface area is 570 Å². The van der Waals surface area contributed by atoms with Gasteiger partial charge < -0.3 is 28.5 Å². The Morgan fingerprint density at radius 2 is 0.581 bits per heavy atom. The van der Waals surface area contributed by atoms with Gasteiger partial charge in [-0.1, -0.05) is 298 Å². The molecule has 0 aliphatic rings. The van der Waals surface area contributed by atoms with Crippen molar-refractivity contribution < 1.29 is 42.9 Å². The second-order valence-corrected chi connectivity index (χ2v) is 24.8. The Bertz CT molecular complexity index is 2230. The molecule has 0 aromatic heterocycles. The lowest BCUT2D eigenvalue weighted by atomic mass is 10.0. The zero-order valence-electron chi connectivity index (χ0n) is 59.6. The van der Waals surface area contributed by atoms with Crippen LogP contribution in [-0.2, 0) is 33.3 Å². The number of hydrogen-bond acceptors (Lipinski definition) is 7. The van der Waals surface area contributed by atoms with E-state index < -0.39 is 24.3 Å². The number of carboxylic acids is 1. The third-order valence-corrected chi connectivity index (χ3v) is 14.8. The van der Waals surface area contributed by atoms with Crippen LogP contribution in [-0.4, -0.2) is 87.4 Å². The lowest BCUT2D eigenvalue weighted by molar-refractivity contribution is -0.870. The van der Waals surface area contributed by atoms with Crippen molar-refractivity contribution in [3.05, 3.63) is 194 Å². The number of quaternary nitrogens is 1. The molecule has 2 unspecified atom stereocenters. The molecular formula is C84H134NO8+. The molecule has 0 amide bonds. The van der Waals surface area contributed by atoms with Crippen LogP contribution in [0.4, 0.5) is 0 Å². The van der Waals surface area contributed by atoms with Gasteiger partial charge in [-0.05, 0) is 141 Å². The summed E-state index contributed by atoms with van der Waals surface area (Å²) in [6, 6.07) is 0. The van der Waals surface area contributed by atoms with Gasteiger partial charge in [-0.15, -0.1) is 0 Å². The predicted molar refractivity (Wildman–Crippen MR) is 400 cm³/mol. The molecule has 0 aromatic rings. The molecule has 9 nitrogen and oxygen atoms in total. The number of esters is 2. The summed E-state index contributed by atoms with van der Waals surface area (Å²) in [7, 11) is 5.96. The minimum atomic E-state index is -1.53. The number of carbonyl (C=O) groups is 3. The number of carboxylic acid groups (broad SMARTS) is 1. The van der Waals surface area contributed by atoms with E-state index >= 15 is 0 Å². The van der Waals surface area contributed by atoms with E-state index in [0.717, 1.165) is 161 Å². The number of unbranched alkanes of at least 4 members (excludes halogenated alkanes) is 18. The van der Waals surface area contributed by atoms with E-state index in [0.29, 0.717) is 17.4 Å². The van der Waals surface area contributed by atoms with E-state index in [1.807, 2.05) is 21.1 Å². The molecule has 0 aliphatic carbocycles. The molecule has 0 radical (unpaired) electrons. The first kappa shape index (κ1) is 87.1. The predicted octanol–water partition coefficient (Wildman–Crippen LogP) is 23.4. The molecule has 9 heteroatoms. The summed E-state index contributed by atoms with van der Waals surface area (Å²) >= 11 is 0. The fraction of sp³-hybridized carbons (Fsp3) is 0.583. The minimum Gasteiger partial charge on any atom is -0.477 e. The molecule has 0 aliphatic heterocycles. The summed E-state index contributed by atoms with van der Waals surface area (Å²) in [4.78, 5) is 37.7. The van der Waals surface area contributed by atoms with Crippen LogP contribution in [0.5, 0.6) is 0 Å². The average Bonchev–Trinajstić information content (AvgIpc) is 3.73. The molecule has 0 saturated heterocycles. The van der Waals surface area contributed by atoms with E-state index in [4.69, 9.17) is 18.9 Å². The standard InChI is InChI=1S/C84H133NO8/c1-6-8-10-12-14-16-18-20-22-24-26-28-30-32-34-36-38-39-40-41-42-43-45-47-49-51-53-55-57-59-61-63-65-67-69-71-73-75-82(87)93-80(79-92-84(83(88)89)90-77-76-85(3,4)5)78-91-81(86)74-72-70-68-66-64-62-60-58-56-54-52-50-48-46-44-37-35-33-31-29-27-25-23-21-19-17-15-13-11-9-7-2/h8-11,14-17,20-23,26-29,32-35,38-39,41-42,44-47,51,53,57,59,80,84H,6-7,12-13,18-19,24-25,30-31,36-37,40,43,48-50,52,54-56,58,60-79H2,1-5H3/p+1/b10-8-,11-9-,16-14-,17-15-,22-20-,23-21-,28-26-,29-27-,34-32-,35-33-,39-38-,42-41-,46-44-,47-45-,53-51-,59-57-. The molecule has 0 heterocycles. The van der Waals surface area contributed by atoms with Gasteiger partial charge in [0, 0.05) is 12.8 Å². The number of carbonyl (C=O) groups excluding carboxylic acids is 2. The average molecular weight is 1290 g/mol. The van der Waals surface area contributed by atoms with E-state index in [1.165, 1.54) is 64.2 Å². The summed E-state index contributed by atoms with van der Waals surface area (Å²) in [6.45, 7) is 4.61. The number of nitrogens with zero attached hydrogens (tertiary/aromatic N) is 1. The third-order valence-electron chi connectivity index (χ3n) is 14.8. The van der Waals surface area contributed by atoms with Gasteiger partial charge in [-0.3, -0.25) is 9.59 Å². The van der Waals surface area contributed by atoms with E-state index in [-0.39, 0.29) is 38.6 Å². The van der Waals surface area contributed by atoms with Crippen molar-refractivity contribution in [2.75, 3.05) is 47.5 Å². The molecule has 2 atom stereocenters. The molecule has 0 aromatic carbocycles. The van der Waals surface area contributed by atoms with Crippen molar-refractivity contribution in [2.24, 2.45) is 0 Å². The molecule has 522 valence electrons. The first-order chi connectivity index (χ1) is 45.6. The third kappa shape index (κ3) is 73.4. The van der Waals surface area contributed by atoms with Crippen LogP contribution in [0.3, 0.4) is 0 Å². The second-order valence-electron chi connectivity index (χ2n) is 24.8. The maximum Gasteiger partial charge on any atom is 0.361 e. The highest BCUT2D eigenvalue weighted by molar-refractivity contribution is 5.71. The lowest BCUT2D eigenvalue weighted by Gasteiger charge is -2.25. The second kappa shape index (κ2) is 72.0. The summed E-state index contributed by atoms with van der Waals surface area (Å²) < 4.78 is 23.0. The first-order valence-electron chi connectivity index (χ1n) is 36.6. The maximum atomic E-state index is 13.0. The Balaban J connectivity index is 4.22. The summed E-state index contributed by atoms with van der Waals surface area (Å²) in [5.74, 6) is -2.05. The van der Waals surface area contributed by atoms with Gasteiger partial charge in [0.25, 0.3) is 6.29 Å². The van der Waals surface area contributed by atoms with Gasteiger partial charge in [0.2, 0.25) is 0 Å². The van der Waals surface area contributed by atoms with Crippen molar-refractivity contribution in [1.82, 2.24) is 0 Å². The van der Waals surface area contributed by atoms with Crippen LogP contribution in [0.2, 0.25) is 0 Å². The van der Waals surface area contributed by atoms with E-state index in [1.54, 1.807) is 0 Å². The van der Waals surface area contributed by atoms with Crippen LogP contribution in [0.15, 0.2) is 194 Å². The number of rotatable bonds is 65. The molecule has 0 spiro atoms. The van der Waals surface area contributed by atoms with Gasteiger partial charge in [0.05, 0.1) is 34.4 Å². The van der Waals surface area contributed by atoms with Gasteiger partial charge >= 0.3 is 17.9 Å². The van der Waals surface area contributed by atoms with Crippen LogP contribution in [0, 0.1) is 0 Å². The Morgan fingerprint density at radius 3 is 0.860 bits per heavy atom. The summed E-state index contributed by atoms with van der Waals surface area (Å²) in [5.41, 5.74) is 0. The Morgan fingerprint density at radius 1 is 0.323 bits per heavy atom. The van der Waals surface area contributed by atoms with Crippen molar-refractivity contribution in [1.29, 1.82) is 0 Å². The van der Waals surface area contributed by atoms with Crippen molar-refractivity contribution in [3.8, 4) is 0 Å². The Hall–Kier alpha value is -5.87. The number of hydrogen-bond donors (Lipinski definition) is 1. The normalized spacial score (nSPS) is 13.9. The number of aliphatic carboxylic acids is 1. The molecule has 0 bridgehead atoms. The molecule has 0 fully saturated rings. The van der Waals surface area contributed by atoms with Crippen molar-refractivity contribution in [2.45, 2.75) is 270 Å². The largest absolute Gasteiger partial charge is 0.477 e. The Kier molecular flexibility index (Phi) is 67.4. The highest BCUT2D eigenvalue weighted by atomic mass is 16.7. The minimum absolute atomic E-state index is 0.174. The lowest BCUT2D eigenvalue weighted by Crippen LogP contribution is -2.40. The molecular weight excluding hydrogens is 1150 g/mol. The van der Waals surface area contributed by atoms with Gasteiger partial charge in [0.15, 0.2) is 6.10 Å². The number of allylic oxidation sites excluding steroid dienone is 32. The summed E-state index contributed by atoms with van der Waals surface area (Å²) in [6.07, 6.45) is 108. The fourth-order valence-electron chi connectivity index (χ4n) is 9.34. The zero-order chi connectivity index (χ0) is 67.5. The highest BCUT2D eigenvalue weighted by Gasteiger charge is 2.25. The molecule has 1 N–H and O–H groups in total. The topological polar surface area (TPSA) is 108 Å². The van der Waals surface area contributed by atoms with Gasteiger partial charge in [-0.2, -0.15) is 0 Å². The van der Waals surface area contributed by atoms with Crippen molar-refractivity contribution in [3.63, 3.8) is 0 Å². The number of likely N-dealkylation sites (N-methyl/N-ethyl adjacent to an activating group) is 1. The van der Waals surface area contributed by atoms with Crippen LogP contribution >= 0.6 is 0 Å². The molecule has 0 rings (SSSR count). The number of ether oxygens (including phenoxy) is 4. The van der Waals surface area contributed by atoms with E-state index in [2.05, 4.69) is 208 Å². The van der Waals surface area contributed by atoms with Gasteiger partial charge in [0.1, 0.15) is 13.2 Å².